The van der Waals surface area contributed by atoms with Crippen molar-refractivity contribution in [2.24, 2.45) is 5.41 Å². The summed E-state index contributed by atoms with van der Waals surface area (Å²) < 4.78 is 0. The molecule has 0 spiro atoms. The third kappa shape index (κ3) is 1.28. The van der Waals surface area contributed by atoms with Crippen LogP contribution in [-0.2, 0) is 4.79 Å². The summed E-state index contributed by atoms with van der Waals surface area (Å²) in [6.07, 6.45) is 5.38. The lowest BCUT2D eigenvalue weighted by atomic mass is 9.67. The monoisotopic (exact) mass is 138 g/mol. The van der Waals surface area contributed by atoms with E-state index >= 15 is 0 Å². The Labute approximate surface area is 62.1 Å². The molecule has 0 aromatic carbocycles. The van der Waals surface area contributed by atoms with Crippen LogP contribution in [0.5, 0.6) is 0 Å². The molecule has 0 bridgehead atoms. The van der Waals surface area contributed by atoms with Crippen LogP contribution < -0.4 is 0 Å². The normalized spacial score (nSPS) is 21.3. The van der Waals surface area contributed by atoms with Crippen molar-refractivity contribution in [1.82, 2.24) is 0 Å². The van der Waals surface area contributed by atoms with Crippen molar-refractivity contribution in [3.05, 3.63) is 12.2 Å². The zero-order valence-corrected chi connectivity index (χ0v) is 6.52. The highest BCUT2D eigenvalue weighted by molar-refractivity contribution is 5.61. The lowest BCUT2D eigenvalue weighted by Gasteiger charge is -2.36. The molecule has 0 aliphatic heterocycles. The zero-order valence-electron chi connectivity index (χ0n) is 6.52. The Morgan fingerprint density at radius 3 is 2.40 bits per heavy atom. The van der Waals surface area contributed by atoms with Crippen molar-refractivity contribution in [2.75, 3.05) is 0 Å². The maximum atomic E-state index is 10.6. The summed E-state index contributed by atoms with van der Waals surface area (Å²) in [5.74, 6) is 0. The van der Waals surface area contributed by atoms with Crippen LogP contribution in [0.2, 0.25) is 0 Å². The summed E-state index contributed by atoms with van der Waals surface area (Å²) in [5, 5.41) is 0. The van der Waals surface area contributed by atoms with E-state index in [-0.39, 0.29) is 5.41 Å². The van der Waals surface area contributed by atoms with Gasteiger partial charge in [0.2, 0.25) is 0 Å². The zero-order chi connectivity index (χ0) is 7.61. The second kappa shape index (κ2) is 2.57. The van der Waals surface area contributed by atoms with Crippen LogP contribution in [0.4, 0.5) is 0 Å². The maximum Gasteiger partial charge on any atom is 0.126 e. The van der Waals surface area contributed by atoms with Gasteiger partial charge in [-0.05, 0) is 26.2 Å². The van der Waals surface area contributed by atoms with Crippen LogP contribution >= 0.6 is 0 Å². The minimum atomic E-state index is 0.00579. The van der Waals surface area contributed by atoms with E-state index in [2.05, 4.69) is 6.58 Å². The van der Waals surface area contributed by atoms with E-state index in [0.29, 0.717) is 0 Å². The molecule has 56 valence electrons. The molecular formula is C9H14O. The van der Waals surface area contributed by atoms with Crippen molar-refractivity contribution >= 4 is 6.29 Å². The molecule has 0 saturated heterocycles. The first-order valence-electron chi connectivity index (χ1n) is 3.79. The lowest BCUT2D eigenvalue weighted by molar-refractivity contribution is -0.120. The molecule has 1 heteroatoms. The summed E-state index contributed by atoms with van der Waals surface area (Å²) in [6, 6.07) is 0. The molecule has 1 aliphatic rings. The third-order valence-electron chi connectivity index (χ3n) is 2.25. The van der Waals surface area contributed by atoms with E-state index in [1.165, 1.54) is 6.42 Å². The van der Waals surface area contributed by atoms with Crippen LogP contribution in [0, 0.1) is 5.41 Å². The number of aldehydes is 1. The van der Waals surface area contributed by atoms with Crippen molar-refractivity contribution in [3.63, 3.8) is 0 Å². The SMILES string of the molecule is C=C(C)CC1(C=O)CCC1. The number of hydrogen-bond acceptors (Lipinski definition) is 1. The van der Waals surface area contributed by atoms with Gasteiger partial charge in [0.05, 0.1) is 0 Å². The molecule has 1 rings (SSSR count). The lowest BCUT2D eigenvalue weighted by Crippen LogP contribution is -2.30. The van der Waals surface area contributed by atoms with Gasteiger partial charge >= 0.3 is 0 Å². The summed E-state index contributed by atoms with van der Waals surface area (Å²) in [7, 11) is 0. The van der Waals surface area contributed by atoms with E-state index in [9.17, 15) is 4.79 Å². The van der Waals surface area contributed by atoms with E-state index < -0.39 is 0 Å². The highest BCUT2D eigenvalue weighted by Gasteiger charge is 2.36. The van der Waals surface area contributed by atoms with Crippen molar-refractivity contribution in [3.8, 4) is 0 Å². The van der Waals surface area contributed by atoms with Gasteiger partial charge in [-0.2, -0.15) is 0 Å². The predicted octanol–water partition coefficient (Wildman–Crippen LogP) is 2.32. The average molecular weight is 138 g/mol. The van der Waals surface area contributed by atoms with Crippen LogP contribution in [0.15, 0.2) is 12.2 Å². The van der Waals surface area contributed by atoms with E-state index in [1.54, 1.807) is 0 Å². The molecule has 0 N–H and O–H groups in total. The van der Waals surface area contributed by atoms with Gasteiger partial charge in [-0.1, -0.05) is 12.0 Å². The highest BCUT2D eigenvalue weighted by atomic mass is 16.1. The largest absolute Gasteiger partial charge is 0.303 e. The van der Waals surface area contributed by atoms with Crippen molar-refractivity contribution in [1.29, 1.82) is 0 Å². The minimum Gasteiger partial charge on any atom is -0.303 e. The molecule has 0 atom stereocenters. The fraction of sp³-hybridized carbons (Fsp3) is 0.667. The Morgan fingerprint density at radius 2 is 2.30 bits per heavy atom. The minimum absolute atomic E-state index is 0.00579. The summed E-state index contributed by atoms with van der Waals surface area (Å²) >= 11 is 0. The Balaban J connectivity index is 2.48. The summed E-state index contributed by atoms with van der Waals surface area (Å²) in [5.41, 5.74) is 1.14. The molecule has 0 aromatic rings. The molecule has 1 saturated carbocycles. The van der Waals surface area contributed by atoms with E-state index in [4.69, 9.17) is 0 Å². The average Bonchev–Trinajstić information content (AvgIpc) is 1.78. The van der Waals surface area contributed by atoms with Gasteiger partial charge in [0.1, 0.15) is 6.29 Å². The first-order chi connectivity index (χ1) is 4.68. The van der Waals surface area contributed by atoms with Gasteiger partial charge in [-0.3, -0.25) is 0 Å². The molecule has 1 fully saturated rings. The van der Waals surface area contributed by atoms with E-state index in [0.717, 1.165) is 31.1 Å². The topological polar surface area (TPSA) is 17.1 Å². The van der Waals surface area contributed by atoms with Crippen LogP contribution in [0.3, 0.4) is 0 Å². The first-order valence-corrected chi connectivity index (χ1v) is 3.79. The molecular weight excluding hydrogens is 124 g/mol. The predicted molar refractivity (Wildman–Crippen MR) is 41.8 cm³/mol. The number of carbonyl (C=O) groups excluding carboxylic acids is 1. The molecule has 1 aliphatic carbocycles. The van der Waals surface area contributed by atoms with Crippen LogP contribution in [0.25, 0.3) is 0 Å². The Bertz CT molecular complexity index is 154. The van der Waals surface area contributed by atoms with Gasteiger partial charge in [-0.25, -0.2) is 0 Å². The van der Waals surface area contributed by atoms with E-state index in [1.807, 2.05) is 6.92 Å². The summed E-state index contributed by atoms with van der Waals surface area (Å²) in [6.45, 7) is 5.80. The second-order valence-corrected chi connectivity index (χ2v) is 3.47. The number of hydrogen-bond donors (Lipinski definition) is 0. The third-order valence-corrected chi connectivity index (χ3v) is 2.25. The Kier molecular flexibility index (Phi) is 1.93. The maximum absolute atomic E-state index is 10.6. The molecule has 0 radical (unpaired) electrons. The van der Waals surface area contributed by atoms with Gasteiger partial charge in [-0.15, -0.1) is 6.58 Å². The van der Waals surface area contributed by atoms with Gasteiger partial charge in [0.25, 0.3) is 0 Å². The number of rotatable bonds is 3. The second-order valence-electron chi connectivity index (χ2n) is 3.47. The molecule has 1 nitrogen and oxygen atoms in total. The van der Waals surface area contributed by atoms with Gasteiger partial charge < -0.3 is 4.79 Å². The molecule has 0 amide bonds. The highest BCUT2D eigenvalue weighted by Crippen LogP contribution is 2.43. The molecule has 0 heterocycles. The van der Waals surface area contributed by atoms with Crippen molar-refractivity contribution in [2.45, 2.75) is 32.6 Å². The fourth-order valence-corrected chi connectivity index (χ4v) is 1.57. The standard InChI is InChI=1S/C9H14O/c1-8(2)6-9(7-10)4-3-5-9/h7H,1,3-6H2,2H3. The van der Waals surface area contributed by atoms with Crippen molar-refractivity contribution < 1.29 is 4.79 Å². The number of carbonyl (C=O) groups is 1. The quantitative estimate of drug-likeness (QED) is 0.432. The Hall–Kier alpha value is -0.590. The Morgan fingerprint density at radius 1 is 1.70 bits per heavy atom. The summed E-state index contributed by atoms with van der Waals surface area (Å²) in [4.78, 5) is 10.6. The molecule has 0 unspecified atom stereocenters. The van der Waals surface area contributed by atoms with Crippen LogP contribution in [-0.4, -0.2) is 6.29 Å². The number of allylic oxidation sites excluding steroid dienone is 1. The van der Waals surface area contributed by atoms with Crippen LogP contribution in [0.1, 0.15) is 32.6 Å². The molecule has 0 aromatic heterocycles. The van der Waals surface area contributed by atoms with Gasteiger partial charge in [0.15, 0.2) is 0 Å². The van der Waals surface area contributed by atoms with Gasteiger partial charge in [0, 0.05) is 5.41 Å². The fourth-order valence-electron chi connectivity index (χ4n) is 1.57. The molecule has 10 heavy (non-hydrogen) atoms. The first kappa shape index (κ1) is 7.52. The smallest absolute Gasteiger partial charge is 0.126 e.